The Morgan fingerprint density at radius 3 is 1.32 bits per heavy atom. The highest BCUT2D eigenvalue weighted by Crippen LogP contribution is 2.20. The molecule has 0 spiro atoms. The minimum atomic E-state index is -0.213. The third-order valence-electron chi connectivity index (χ3n) is 8.04. The molecule has 0 radical (unpaired) electrons. The van der Waals surface area contributed by atoms with E-state index in [0.717, 1.165) is 48.3 Å². The SMILES string of the molecule is CC(C)C.CC(C)C(C)O.CC(C)CC(C)C.CC(C)CC(N)=O.CC(C)CO.CC(C)Cc1c[nH]c2ccccc12.CC(C)Cc1ccccc1.CC(C)Cc1cccnc1. The monoisotopic (exact) mass is 864 g/mol. The lowest BCUT2D eigenvalue weighted by Crippen LogP contribution is -2.12. The molecule has 1 unspecified atom stereocenters. The molecule has 62 heavy (non-hydrogen) atoms. The van der Waals surface area contributed by atoms with E-state index in [1.807, 2.05) is 60.0 Å². The normalized spacial score (nSPS) is 10.9. The van der Waals surface area contributed by atoms with Crippen LogP contribution in [0.5, 0.6) is 0 Å². The highest BCUT2D eigenvalue weighted by molar-refractivity contribution is 5.83. The zero-order valence-corrected chi connectivity index (χ0v) is 43.9. The second-order valence-electron chi connectivity index (χ2n) is 20.4. The number of fused-ring (bicyclic) bond motifs is 1. The van der Waals surface area contributed by atoms with E-state index in [2.05, 4.69) is 167 Å². The van der Waals surface area contributed by atoms with Gasteiger partial charge in [0.15, 0.2) is 0 Å². The number of primary amides is 1. The number of aromatic nitrogens is 2. The minimum absolute atomic E-state index is 0.148. The minimum Gasteiger partial charge on any atom is -0.396 e. The number of aliphatic hydroxyl groups excluding tert-OH is 2. The molecule has 1 amide bonds. The average molecular weight is 864 g/mol. The molecule has 2 heterocycles. The first-order chi connectivity index (χ1) is 28.7. The number of hydrogen-bond donors (Lipinski definition) is 4. The first-order valence-corrected chi connectivity index (χ1v) is 23.8. The van der Waals surface area contributed by atoms with Crippen molar-refractivity contribution in [3.05, 3.63) is 102 Å². The zero-order chi connectivity index (χ0) is 48.8. The van der Waals surface area contributed by atoms with Crippen molar-refractivity contribution in [3.63, 3.8) is 0 Å². The van der Waals surface area contributed by atoms with E-state index in [9.17, 15) is 4.79 Å². The number of amides is 1. The van der Waals surface area contributed by atoms with E-state index in [1.165, 1.54) is 40.4 Å². The van der Waals surface area contributed by atoms with E-state index in [0.29, 0.717) is 30.8 Å². The number of benzene rings is 2. The number of para-hydroxylation sites is 1. The van der Waals surface area contributed by atoms with Gasteiger partial charge in [-0.15, -0.1) is 0 Å². The number of nitrogens with two attached hydrogens (primary N) is 1. The zero-order valence-electron chi connectivity index (χ0n) is 43.9. The first kappa shape index (κ1) is 65.1. The maximum atomic E-state index is 10.0. The van der Waals surface area contributed by atoms with Crippen LogP contribution in [0.4, 0.5) is 0 Å². The van der Waals surface area contributed by atoms with Gasteiger partial charge < -0.3 is 20.9 Å². The Balaban J connectivity index is -0.000000319. The highest BCUT2D eigenvalue weighted by atomic mass is 16.3. The summed E-state index contributed by atoms with van der Waals surface area (Å²) in [6.45, 7) is 42.9. The van der Waals surface area contributed by atoms with Gasteiger partial charge in [-0.3, -0.25) is 9.78 Å². The van der Waals surface area contributed by atoms with E-state index in [-0.39, 0.29) is 12.0 Å². The summed E-state index contributed by atoms with van der Waals surface area (Å²) in [5.41, 5.74) is 10.3. The molecule has 4 aromatic rings. The highest BCUT2D eigenvalue weighted by Gasteiger charge is 2.04. The van der Waals surface area contributed by atoms with Crippen LogP contribution in [-0.2, 0) is 24.1 Å². The molecule has 4 rings (SSSR count). The summed E-state index contributed by atoms with van der Waals surface area (Å²) in [6, 6.07) is 23.2. The maximum Gasteiger partial charge on any atom is 0.217 e. The van der Waals surface area contributed by atoms with Crippen molar-refractivity contribution in [2.75, 3.05) is 6.61 Å². The number of nitrogens with one attached hydrogen (secondary N) is 1. The molecule has 0 saturated heterocycles. The van der Waals surface area contributed by atoms with Crippen LogP contribution in [0.1, 0.15) is 168 Å². The summed E-state index contributed by atoms with van der Waals surface area (Å²) >= 11 is 0. The van der Waals surface area contributed by atoms with E-state index >= 15 is 0 Å². The summed E-state index contributed by atoms with van der Waals surface area (Å²) < 4.78 is 0. The molecule has 6 heteroatoms. The van der Waals surface area contributed by atoms with Crippen molar-refractivity contribution >= 4 is 16.8 Å². The number of carbonyl (C=O) groups excluding carboxylic acids is 1. The van der Waals surface area contributed by atoms with Crippen LogP contribution in [0.25, 0.3) is 10.9 Å². The fraction of sp³-hybridized carbons (Fsp3) is 0.643. The van der Waals surface area contributed by atoms with E-state index < -0.39 is 0 Å². The van der Waals surface area contributed by atoms with Crippen molar-refractivity contribution in [3.8, 4) is 0 Å². The standard InChI is InChI=1S/C12H15N.C10H14.C9H13N.C7H16.C5H11NO.C5H12O.C4H10O.C4H10/c1-9(2)7-10-8-13-12-6-4-3-5-11(10)12;1-9(2)8-10-6-4-3-5-7-10;1-8(2)6-9-4-3-5-10-7-9;1-6(2)5-7(3)4;1-4(2)3-5(6)7;1-4(2)5(3)6;1-4(2)3-5;1-4(2)3/h3-6,8-9,13H,7H2,1-2H3;3-7,9H,8H2,1-2H3;3-5,7-8H,6H2,1-2H3;6-7H,5H2,1-4H3;4H,3H2,1-2H3,(H2,6,7);4-6H,1-3H3;4-5H,3H2,1-2H3;4H,1-3H3. The molecule has 0 aliphatic heterocycles. The summed E-state index contributed by atoms with van der Waals surface area (Å²) in [5.74, 6) is 5.83. The largest absolute Gasteiger partial charge is 0.396 e. The number of carbonyl (C=O) groups is 1. The lowest BCUT2D eigenvalue weighted by atomic mass is 10.0. The van der Waals surface area contributed by atoms with Crippen LogP contribution in [0.15, 0.2) is 85.3 Å². The molecular formula is C56H101N3O3. The number of pyridine rings is 1. The number of nitrogens with zero attached hydrogens (tertiary/aromatic N) is 1. The molecule has 2 aromatic carbocycles. The van der Waals surface area contributed by atoms with Crippen LogP contribution < -0.4 is 5.73 Å². The molecule has 0 bridgehead atoms. The van der Waals surface area contributed by atoms with Gasteiger partial charge >= 0.3 is 0 Å². The van der Waals surface area contributed by atoms with Crippen molar-refractivity contribution < 1.29 is 15.0 Å². The second-order valence-corrected chi connectivity index (χ2v) is 20.4. The molecule has 0 saturated carbocycles. The van der Waals surface area contributed by atoms with E-state index in [4.69, 9.17) is 15.9 Å². The van der Waals surface area contributed by atoms with Crippen molar-refractivity contribution in [2.24, 2.45) is 59.0 Å². The summed E-state index contributed by atoms with van der Waals surface area (Å²) in [4.78, 5) is 17.4. The van der Waals surface area contributed by atoms with Gasteiger partial charge in [0.05, 0.1) is 6.10 Å². The Kier molecular flexibility index (Phi) is 43.6. The lowest BCUT2D eigenvalue weighted by molar-refractivity contribution is -0.118. The quantitative estimate of drug-likeness (QED) is 0.114. The molecule has 0 aliphatic rings. The van der Waals surface area contributed by atoms with Gasteiger partial charge in [-0.25, -0.2) is 0 Å². The van der Waals surface area contributed by atoms with Crippen LogP contribution in [0.2, 0.25) is 0 Å². The number of hydrogen-bond acceptors (Lipinski definition) is 4. The van der Waals surface area contributed by atoms with Gasteiger partial charge in [-0.1, -0.05) is 186 Å². The lowest BCUT2D eigenvalue weighted by Gasteiger charge is -2.05. The molecule has 0 aliphatic carbocycles. The van der Waals surface area contributed by atoms with Crippen LogP contribution in [-0.4, -0.2) is 38.8 Å². The Labute approximate surface area is 384 Å². The van der Waals surface area contributed by atoms with Gasteiger partial charge in [-0.2, -0.15) is 0 Å². The Hall–Kier alpha value is -3.48. The number of aliphatic hydroxyl groups is 2. The molecule has 2 aromatic heterocycles. The fourth-order valence-electron chi connectivity index (χ4n) is 5.16. The van der Waals surface area contributed by atoms with Crippen LogP contribution in [0.3, 0.4) is 0 Å². The summed E-state index contributed by atoms with van der Waals surface area (Å²) in [6.07, 6.45) is 11.1. The van der Waals surface area contributed by atoms with Gasteiger partial charge in [0, 0.05) is 42.5 Å². The first-order valence-electron chi connectivity index (χ1n) is 23.8. The van der Waals surface area contributed by atoms with Crippen molar-refractivity contribution in [1.82, 2.24) is 9.97 Å². The fourth-order valence-corrected chi connectivity index (χ4v) is 5.16. The van der Waals surface area contributed by atoms with Gasteiger partial charge in [0.25, 0.3) is 0 Å². The molecule has 5 N–H and O–H groups in total. The Morgan fingerprint density at radius 2 is 1.00 bits per heavy atom. The molecule has 0 fully saturated rings. The van der Waals surface area contributed by atoms with E-state index in [1.54, 1.807) is 6.92 Å². The average Bonchev–Trinajstić information content (AvgIpc) is 3.54. The number of rotatable bonds is 12. The van der Waals surface area contributed by atoms with Crippen LogP contribution >= 0.6 is 0 Å². The molecule has 6 nitrogen and oxygen atoms in total. The van der Waals surface area contributed by atoms with Crippen molar-refractivity contribution in [2.45, 2.75) is 177 Å². The third-order valence-corrected chi connectivity index (χ3v) is 8.04. The molecule has 1 atom stereocenters. The Morgan fingerprint density at radius 1 is 0.581 bits per heavy atom. The van der Waals surface area contributed by atoms with Gasteiger partial charge in [0.2, 0.25) is 5.91 Å². The number of H-pyrrole nitrogens is 1. The predicted octanol–water partition coefficient (Wildman–Crippen LogP) is 15.1. The number of aromatic amines is 1. The van der Waals surface area contributed by atoms with Crippen molar-refractivity contribution in [1.29, 1.82) is 0 Å². The van der Waals surface area contributed by atoms with Gasteiger partial charge in [0.1, 0.15) is 0 Å². The molecular weight excluding hydrogens is 763 g/mol. The predicted molar refractivity (Wildman–Crippen MR) is 277 cm³/mol. The summed E-state index contributed by atoms with van der Waals surface area (Å²) in [5, 5.41) is 18.1. The summed E-state index contributed by atoms with van der Waals surface area (Å²) in [7, 11) is 0. The topological polar surface area (TPSA) is 112 Å². The Bertz CT molecular complexity index is 1450. The van der Waals surface area contributed by atoms with Gasteiger partial charge in [-0.05, 0) is 115 Å². The maximum absolute atomic E-state index is 10.0. The van der Waals surface area contributed by atoms with Crippen LogP contribution in [0, 0.1) is 53.3 Å². The second kappa shape index (κ2) is 41.5. The smallest absolute Gasteiger partial charge is 0.217 e. The molecule has 358 valence electrons. The third kappa shape index (κ3) is 50.9.